The first-order chi connectivity index (χ1) is 13.6. The molecule has 0 radical (unpaired) electrons. The van der Waals surface area contributed by atoms with Crippen molar-refractivity contribution in [1.29, 1.82) is 0 Å². The summed E-state index contributed by atoms with van der Waals surface area (Å²) in [4.78, 5) is 21.2. The minimum absolute atomic E-state index is 0.0257. The van der Waals surface area contributed by atoms with Crippen LogP contribution in [0.15, 0.2) is 12.2 Å². The van der Waals surface area contributed by atoms with Crippen LogP contribution in [0.5, 0.6) is 5.88 Å². The van der Waals surface area contributed by atoms with E-state index in [0.717, 1.165) is 30.6 Å². The molecule has 2 rings (SSSR count). The number of nitrogens with zero attached hydrogens (tertiary/aromatic N) is 3. The first-order valence-corrected chi connectivity index (χ1v) is 9.66. The molecule has 164 valence electrons. The molecular weight excluding hydrogens is 404 g/mol. The molecule has 4 N–H and O–H groups in total. The van der Waals surface area contributed by atoms with Crippen molar-refractivity contribution in [2.45, 2.75) is 32.4 Å². The fraction of sp³-hybridized carbons (Fsp3) is 0.647. The minimum atomic E-state index is -1.26. The Labute approximate surface area is 173 Å². The maximum absolute atomic E-state index is 9.95. The van der Waals surface area contributed by atoms with E-state index in [1.807, 2.05) is 0 Å². The molecule has 12 heteroatoms. The van der Waals surface area contributed by atoms with E-state index in [0.29, 0.717) is 37.8 Å². The Bertz CT molecular complexity index is 653. The lowest BCUT2D eigenvalue weighted by molar-refractivity contribution is -0.134. The van der Waals surface area contributed by atoms with Crippen LogP contribution >= 0.6 is 11.7 Å². The molecule has 0 bridgehead atoms. The highest BCUT2D eigenvalue weighted by molar-refractivity contribution is 6.99. The first kappa shape index (κ1) is 24.8. The van der Waals surface area contributed by atoms with Crippen molar-refractivity contribution < 1.29 is 34.4 Å². The van der Waals surface area contributed by atoms with Gasteiger partial charge in [-0.25, -0.2) is 9.59 Å². The molecule has 1 unspecified atom stereocenters. The smallest absolute Gasteiger partial charge is 0.328 e. The van der Waals surface area contributed by atoms with E-state index in [1.165, 1.54) is 0 Å². The lowest BCUT2D eigenvalue weighted by atomic mass is 10.1. The summed E-state index contributed by atoms with van der Waals surface area (Å²) in [6, 6.07) is 0. The number of aliphatic hydroxyl groups excluding tert-OH is 1. The highest BCUT2D eigenvalue weighted by atomic mass is 32.1. The quantitative estimate of drug-likeness (QED) is 0.417. The van der Waals surface area contributed by atoms with Crippen LogP contribution in [-0.2, 0) is 14.3 Å². The molecule has 0 aliphatic carbocycles. The van der Waals surface area contributed by atoms with Crippen LogP contribution < -0.4 is 15.0 Å². The number of carboxylic acids is 2. The highest BCUT2D eigenvalue weighted by Crippen LogP contribution is 2.26. The summed E-state index contributed by atoms with van der Waals surface area (Å²) in [5.41, 5.74) is -0.0257. The Morgan fingerprint density at radius 3 is 2.34 bits per heavy atom. The van der Waals surface area contributed by atoms with Gasteiger partial charge in [-0.05, 0) is 20.8 Å². The summed E-state index contributed by atoms with van der Waals surface area (Å²) in [6.45, 7) is 9.81. The molecule has 1 fully saturated rings. The monoisotopic (exact) mass is 432 g/mol. The van der Waals surface area contributed by atoms with Crippen LogP contribution in [0.3, 0.4) is 0 Å². The Hall–Kier alpha value is -2.28. The largest absolute Gasteiger partial charge is 0.478 e. The molecule has 1 atom stereocenters. The molecule has 11 nitrogen and oxygen atoms in total. The number of nitrogens with one attached hydrogen (secondary N) is 1. The molecule has 1 aromatic heterocycles. The fourth-order valence-electron chi connectivity index (χ4n) is 2.04. The van der Waals surface area contributed by atoms with Crippen LogP contribution in [0.4, 0.5) is 5.82 Å². The van der Waals surface area contributed by atoms with Crippen molar-refractivity contribution >= 4 is 29.5 Å². The maximum Gasteiger partial charge on any atom is 0.328 e. The molecule has 0 spiro atoms. The lowest BCUT2D eigenvalue weighted by Crippen LogP contribution is -2.42. The number of β-amino-alcohol motifs (C(OH)–C–C–N with tert-alkyl or cyclic N) is 1. The molecule has 29 heavy (non-hydrogen) atoms. The third kappa shape index (κ3) is 11.3. The molecule has 1 aromatic rings. The van der Waals surface area contributed by atoms with E-state index in [4.69, 9.17) is 19.7 Å². The average Bonchev–Trinajstić information content (AvgIpc) is 3.12. The van der Waals surface area contributed by atoms with Gasteiger partial charge in [-0.15, -0.1) is 4.37 Å². The van der Waals surface area contributed by atoms with E-state index >= 15 is 0 Å². The number of hydrogen-bond donors (Lipinski definition) is 4. The fourth-order valence-corrected chi connectivity index (χ4v) is 2.56. The highest BCUT2D eigenvalue weighted by Gasteiger charge is 2.21. The minimum Gasteiger partial charge on any atom is -0.478 e. The lowest BCUT2D eigenvalue weighted by Gasteiger charge is -2.27. The molecular formula is C17H28N4O7S. The number of ether oxygens (including phenoxy) is 2. The standard InChI is InChI=1S/C13H24N4O3S.C4H4O4/c1-13(2,3)14-8-10(18)9-20-12-11(15-21-16-12)17-4-6-19-7-5-17;5-3(6)1-2-4(7)8/h10,14,18H,4-9H2,1-3H3;1-2H,(H,5,6)(H,7,8)/b;2-1+. The Morgan fingerprint density at radius 1 is 1.24 bits per heavy atom. The molecule has 1 saturated heterocycles. The zero-order chi connectivity index (χ0) is 21.9. The van der Waals surface area contributed by atoms with Gasteiger partial charge in [0.2, 0.25) is 5.82 Å². The van der Waals surface area contributed by atoms with Gasteiger partial charge in [0.15, 0.2) is 0 Å². The molecule has 0 amide bonds. The van der Waals surface area contributed by atoms with E-state index in [1.54, 1.807) is 0 Å². The zero-order valence-electron chi connectivity index (χ0n) is 16.7. The van der Waals surface area contributed by atoms with Gasteiger partial charge in [-0.2, -0.15) is 4.37 Å². The number of aromatic nitrogens is 2. The van der Waals surface area contributed by atoms with Gasteiger partial charge in [-0.1, -0.05) is 0 Å². The molecule has 0 aromatic carbocycles. The second-order valence-electron chi connectivity index (χ2n) is 7.10. The van der Waals surface area contributed by atoms with Crippen LogP contribution in [0, 0.1) is 0 Å². The summed E-state index contributed by atoms with van der Waals surface area (Å²) in [5, 5.41) is 28.8. The van der Waals surface area contributed by atoms with Crippen molar-refractivity contribution in [2.75, 3.05) is 44.4 Å². The molecule has 1 aliphatic heterocycles. The number of morpholine rings is 1. The number of aliphatic carboxylic acids is 2. The van der Waals surface area contributed by atoms with Gasteiger partial charge >= 0.3 is 11.9 Å². The number of rotatable bonds is 8. The summed E-state index contributed by atoms with van der Waals surface area (Å²) in [6.07, 6.45) is 0.536. The Morgan fingerprint density at radius 2 is 1.83 bits per heavy atom. The maximum atomic E-state index is 9.95. The number of carbonyl (C=O) groups is 2. The number of anilines is 1. The number of aliphatic hydroxyl groups is 1. The van der Waals surface area contributed by atoms with Gasteiger partial charge in [0, 0.05) is 37.3 Å². The van der Waals surface area contributed by atoms with Gasteiger partial charge in [0.05, 0.1) is 24.9 Å². The van der Waals surface area contributed by atoms with Crippen molar-refractivity contribution in [3.63, 3.8) is 0 Å². The predicted molar refractivity (Wildman–Crippen MR) is 107 cm³/mol. The van der Waals surface area contributed by atoms with Gasteiger partial charge < -0.3 is 35.0 Å². The van der Waals surface area contributed by atoms with E-state index in [-0.39, 0.29) is 12.1 Å². The van der Waals surface area contributed by atoms with Gasteiger partial charge in [0.25, 0.3) is 5.88 Å². The zero-order valence-corrected chi connectivity index (χ0v) is 17.5. The van der Waals surface area contributed by atoms with E-state index in [9.17, 15) is 14.7 Å². The SMILES string of the molecule is CC(C)(C)NCC(O)COc1nsnc1N1CCOCC1.O=C(O)/C=C/C(=O)O. The predicted octanol–water partition coefficient (Wildman–Crippen LogP) is 0.214. The summed E-state index contributed by atoms with van der Waals surface area (Å²) in [7, 11) is 0. The summed E-state index contributed by atoms with van der Waals surface area (Å²) >= 11 is 1.12. The van der Waals surface area contributed by atoms with Gasteiger partial charge in [0.1, 0.15) is 12.7 Å². The van der Waals surface area contributed by atoms with E-state index < -0.39 is 18.0 Å². The topological polar surface area (TPSA) is 154 Å². The molecule has 0 saturated carbocycles. The van der Waals surface area contributed by atoms with E-state index in [2.05, 4.69) is 39.7 Å². The number of hydrogen-bond acceptors (Lipinski definition) is 10. The normalized spacial score (nSPS) is 15.5. The molecule has 1 aliphatic rings. The second kappa shape index (κ2) is 12.3. The third-order valence-corrected chi connectivity index (χ3v) is 3.90. The Balaban J connectivity index is 0.000000447. The van der Waals surface area contributed by atoms with Gasteiger partial charge in [-0.3, -0.25) is 0 Å². The molecule has 2 heterocycles. The van der Waals surface area contributed by atoms with Crippen molar-refractivity contribution in [2.24, 2.45) is 0 Å². The van der Waals surface area contributed by atoms with Crippen molar-refractivity contribution in [1.82, 2.24) is 14.1 Å². The third-order valence-electron chi connectivity index (χ3n) is 3.40. The van der Waals surface area contributed by atoms with Crippen molar-refractivity contribution in [3.8, 4) is 5.88 Å². The summed E-state index contributed by atoms with van der Waals surface area (Å²) in [5.74, 6) is -1.27. The van der Waals surface area contributed by atoms with Crippen molar-refractivity contribution in [3.05, 3.63) is 12.2 Å². The first-order valence-electron chi connectivity index (χ1n) is 8.93. The summed E-state index contributed by atoms with van der Waals surface area (Å²) < 4.78 is 19.4. The average molecular weight is 432 g/mol. The van der Waals surface area contributed by atoms with Crippen LogP contribution in [0.2, 0.25) is 0 Å². The van der Waals surface area contributed by atoms with Crippen LogP contribution in [0.25, 0.3) is 0 Å². The second-order valence-corrected chi connectivity index (χ2v) is 7.63. The Kier molecular flexibility index (Phi) is 10.5. The van der Waals surface area contributed by atoms with Crippen LogP contribution in [-0.4, -0.2) is 87.1 Å². The van der Waals surface area contributed by atoms with Crippen LogP contribution in [0.1, 0.15) is 20.8 Å². The number of carboxylic acid groups (broad SMARTS) is 2.